The van der Waals surface area contributed by atoms with Gasteiger partial charge < -0.3 is 20.1 Å². The molecular formula is C27H32N2O4S. The average molecular weight is 481 g/mol. The van der Waals surface area contributed by atoms with Crippen LogP contribution in [-0.2, 0) is 9.53 Å². The molecule has 2 N–H and O–H groups in total. The van der Waals surface area contributed by atoms with Crippen LogP contribution >= 0.6 is 11.3 Å². The Balaban J connectivity index is 1.36. The molecule has 0 spiro atoms. The second kappa shape index (κ2) is 8.18. The summed E-state index contributed by atoms with van der Waals surface area (Å²) >= 11 is 1.49. The van der Waals surface area contributed by atoms with Gasteiger partial charge in [0.2, 0.25) is 5.91 Å². The van der Waals surface area contributed by atoms with E-state index in [-0.39, 0.29) is 11.8 Å². The van der Waals surface area contributed by atoms with Gasteiger partial charge in [0.15, 0.2) is 0 Å². The summed E-state index contributed by atoms with van der Waals surface area (Å²) in [5, 5.41) is 15.0. The van der Waals surface area contributed by atoms with Crippen LogP contribution in [0.4, 0.5) is 5.00 Å². The van der Waals surface area contributed by atoms with Crippen molar-refractivity contribution in [3.63, 3.8) is 0 Å². The number of aliphatic hydroxyl groups is 1. The first-order valence-corrected chi connectivity index (χ1v) is 13.3. The molecule has 34 heavy (non-hydrogen) atoms. The van der Waals surface area contributed by atoms with Gasteiger partial charge in [0.1, 0.15) is 5.00 Å². The fourth-order valence-electron chi connectivity index (χ4n) is 7.36. The zero-order valence-corrected chi connectivity index (χ0v) is 20.5. The van der Waals surface area contributed by atoms with Crippen molar-refractivity contribution in [1.29, 1.82) is 0 Å². The maximum Gasteiger partial charge on any atom is 0.257 e. The van der Waals surface area contributed by atoms with Gasteiger partial charge in [-0.25, -0.2) is 0 Å². The van der Waals surface area contributed by atoms with Crippen LogP contribution in [-0.4, -0.2) is 53.7 Å². The van der Waals surface area contributed by atoms with Crippen LogP contribution < -0.4 is 5.32 Å². The number of ether oxygens (including phenoxy) is 1. The number of anilines is 1. The third kappa shape index (κ3) is 3.69. The summed E-state index contributed by atoms with van der Waals surface area (Å²) in [6, 6.07) is 10.1. The van der Waals surface area contributed by atoms with E-state index in [0.29, 0.717) is 55.1 Å². The Hall–Kier alpha value is -2.22. The molecule has 5 aliphatic rings. The molecule has 1 aliphatic heterocycles. The van der Waals surface area contributed by atoms with Crippen LogP contribution in [0.15, 0.2) is 30.3 Å². The fourth-order valence-corrected chi connectivity index (χ4v) is 8.56. The van der Waals surface area contributed by atoms with Crippen LogP contribution in [0.1, 0.15) is 54.4 Å². The molecule has 7 rings (SSSR count). The molecule has 2 aromatic rings. The molecule has 2 atom stereocenters. The summed E-state index contributed by atoms with van der Waals surface area (Å²) in [7, 11) is 0. The first-order chi connectivity index (χ1) is 16.4. The van der Waals surface area contributed by atoms with Crippen LogP contribution in [0.25, 0.3) is 10.4 Å². The molecule has 2 amide bonds. The summed E-state index contributed by atoms with van der Waals surface area (Å²) in [4.78, 5) is 30.3. The Labute approximate surface area is 204 Å². The molecule has 7 heteroatoms. The number of nitrogens with zero attached hydrogens (tertiary/aromatic N) is 1. The minimum atomic E-state index is -0.700. The second-order valence-electron chi connectivity index (χ2n) is 11.0. The van der Waals surface area contributed by atoms with E-state index in [0.717, 1.165) is 48.1 Å². The lowest BCUT2D eigenvalue weighted by Gasteiger charge is -2.59. The molecular weight excluding hydrogens is 448 g/mol. The van der Waals surface area contributed by atoms with E-state index >= 15 is 0 Å². The van der Waals surface area contributed by atoms with Crippen molar-refractivity contribution in [2.45, 2.75) is 51.0 Å². The Morgan fingerprint density at radius 2 is 1.76 bits per heavy atom. The standard InChI is InChI=1S/C27H32N2O4S/c1-17-21(24(30)29-7-9-33-10-8-29)23(34-22(17)20-5-3-2-4-6-20)28-25(31)26-12-18-11-19(13-26)15-27(32,14-18)16-26/h2-6,18-19,32H,7-16H2,1H3,(H,28,31). The molecule has 1 aromatic carbocycles. The minimum Gasteiger partial charge on any atom is -0.390 e. The van der Waals surface area contributed by atoms with Gasteiger partial charge in [-0.05, 0) is 68.4 Å². The van der Waals surface area contributed by atoms with Crippen molar-refractivity contribution in [3.05, 3.63) is 41.5 Å². The normalized spacial score (nSPS) is 32.1. The van der Waals surface area contributed by atoms with E-state index in [4.69, 9.17) is 4.74 Å². The zero-order chi connectivity index (χ0) is 23.5. The molecule has 5 fully saturated rings. The van der Waals surface area contributed by atoms with Gasteiger partial charge in [-0.15, -0.1) is 11.3 Å². The number of hydrogen-bond donors (Lipinski definition) is 2. The van der Waals surface area contributed by atoms with Gasteiger partial charge >= 0.3 is 0 Å². The number of carbonyl (C=O) groups excluding carboxylic acids is 2. The number of nitrogens with one attached hydrogen (secondary N) is 1. The van der Waals surface area contributed by atoms with E-state index in [1.165, 1.54) is 11.3 Å². The first kappa shape index (κ1) is 22.3. The number of thiophene rings is 1. The fraction of sp³-hybridized carbons (Fsp3) is 0.556. The topological polar surface area (TPSA) is 78.9 Å². The van der Waals surface area contributed by atoms with Gasteiger partial charge in [0, 0.05) is 18.0 Å². The number of carbonyl (C=O) groups is 2. The summed E-state index contributed by atoms with van der Waals surface area (Å²) in [5.41, 5.74) is 1.33. The Morgan fingerprint density at radius 1 is 1.09 bits per heavy atom. The number of benzene rings is 1. The van der Waals surface area contributed by atoms with Crippen molar-refractivity contribution in [1.82, 2.24) is 4.90 Å². The smallest absolute Gasteiger partial charge is 0.257 e. The van der Waals surface area contributed by atoms with Gasteiger partial charge in [-0.1, -0.05) is 30.3 Å². The molecule has 2 heterocycles. The number of amides is 2. The molecule has 180 valence electrons. The van der Waals surface area contributed by atoms with Crippen LogP contribution in [0.5, 0.6) is 0 Å². The highest BCUT2D eigenvalue weighted by Crippen LogP contribution is 2.62. The average Bonchev–Trinajstić information content (AvgIpc) is 3.13. The van der Waals surface area contributed by atoms with Crippen molar-refractivity contribution in [2.75, 3.05) is 31.6 Å². The maximum absolute atomic E-state index is 13.9. The highest BCUT2D eigenvalue weighted by molar-refractivity contribution is 7.20. The second-order valence-corrected chi connectivity index (χ2v) is 12.0. The van der Waals surface area contributed by atoms with Crippen molar-refractivity contribution in [3.8, 4) is 10.4 Å². The van der Waals surface area contributed by atoms with Crippen molar-refractivity contribution < 1.29 is 19.4 Å². The van der Waals surface area contributed by atoms with Gasteiger partial charge in [-0.2, -0.15) is 0 Å². The monoisotopic (exact) mass is 480 g/mol. The third-order valence-electron chi connectivity index (χ3n) is 8.43. The van der Waals surface area contributed by atoms with Crippen LogP contribution in [0.3, 0.4) is 0 Å². The lowest BCUT2D eigenvalue weighted by atomic mass is 9.47. The summed E-state index contributed by atoms with van der Waals surface area (Å²) in [6.07, 6.45) is 5.03. The molecule has 6 nitrogen and oxygen atoms in total. The SMILES string of the molecule is Cc1c(-c2ccccc2)sc(NC(=O)C23CC4CC(CC(O)(C4)C2)C3)c1C(=O)N1CCOCC1. The maximum atomic E-state index is 13.9. The zero-order valence-electron chi connectivity index (χ0n) is 19.6. The molecule has 1 aromatic heterocycles. The summed E-state index contributed by atoms with van der Waals surface area (Å²) in [5.74, 6) is 0.795. The predicted molar refractivity (Wildman–Crippen MR) is 132 cm³/mol. The largest absolute Gasteiger partial charge is 0.390 e. The Morgan fingerprint density at radius 3 is 2.41 bits per heavy atom. The van der Waals surface area contributed by atoms with Gasteiger partial charge in [0.05, 0.1) is 29.8 Å². The highest BCUT2D eigenvalue weighted by Gasteiger charge is 2.60. The molecule has 4 saturated carbocycles. The van der Waals surface area contributed by atoms with E-state index in [1.807, 2.05) is 42.2 Å². The molecule has 4 bridgehead atoms. The Kier molecular flexibility index (Phi) is 5.35. The number of morpholine rings is 1. The quantitative estimate of drug-likeness (QED) is 0.677. The minimum absolute atomic E-state index is 0.0167. The lowest BCUT2D eigenvalue weighted by molar-refractivity contribution is -0.174. The van der Waals surface area contributed by atoms with E-state index in [1.54, 1.807) is 0 Å². The van der Waals surface area contributed by atoms with E-state index in [2.05, 4.69) is 5.32 Å². The number of rotatable bonds is 4. The molecule has 1 saturated heterocycles. The first-order valence-electron chi connectivity index (χ1n) is 12.5. The predicted octanol–water partition coefficient (Wildman–Crippen LogP) is 4.47. The van der Waals surface area contributed by atoms with E-state index < -0.39 is 11.0 Å². The van der Waals surface area contributed by atoms with Gasteiger partial charge in [-0.3, -0.25) is 9.59 Å². The third-order valence-corrected chi connectivity index (χ3v) is 9.69. The van der Waals surface area contributed by atoms with Crippen LogP contribution in [0.2, 0.25) is 0 Å². The van der Waals surface area contributed by atoms with Crippen molar-refractivity contribution >= 4 is 28.2 Å². The van der Waals surface area contributed by atoms with Crippen LogP contribution in [0, 0.1) is 24.2 Å². The van der Waals surface area contributed by atoms with Crippen molar-refractivity contribution in [2.24, 2.45) is 17.3 Å². The summed E-state index contributed by atoms with van der Waals surface area (Å²) < 4.78 is 5.45. The molecule has 0 radical (unpaired) electrons. The molecule has 4 aliphatic carbocycles. The summed E-state index contributed by atoms with van der Waals surface area (Å²) in [6.45, 7) is 4.17. The Bertz CT molecular complexity index is 1110. The van der Waals surface area contributed by atoms with E-state index in [9.17, 15) is 14.7 Å². The lowest BCUT2D eigenvalue weighted by Crippen LogP contribution is -2.59. The van der Waals surface area contributed by atoms with Gasteiger partial charge in [0.25, 0.3) is 5.91 Å². The molecule has 2 unspecified atom stereocenters. The number of hydrogen-bond acceptors (Lipinski definition) is 5. The highest BCUT2D eigenvalue weighted by atomic mass is 32.1.